The molecule has 0 bridgehead atoms. The molecule has 15 nitrogen and oxygen atoms in total. The Hall–Kier alpha value is -5.70. The summed E-state index contributed by atoms with van der Waals surface area (Å²) in [6.07, 6.45) is 5.24. The zero-order valence-electron chi connectivity index (χ0n) is 25.7. The number of nitrogens with one attached hydrogen (secondary N) is 5. The van der Waals surface area contributed by atoms with Gasteiger partial charge in [0.15, 0.2) is 5.96 Å². The van der Waals surface area contributed by atoms with Gasteiger partial charge in [0.05, 0.1) is 12.4 Å². The Labute approximate surface area is 270 Å². The van der Waals surface area contributed by atoms with Crippen molar-refractivity contribution in [1.82, 2.24) is 30.9 Å². The number of imidazole rings is 1. The van der Waals surface area contributed by atoms with Gasteiger partial charge in [-0.15, -0.1) is 0 Å². The van der Waals surface area contributed by atoms with Gasteiger partial charge in [0.25, 0.3) is 0 Å². The SMILES string of the molecule is NC(N)=NCCCC(NC(=O)C(Cc1c[nH]c2ccccc12)NC(=O)C(N)Cc1ccccc1)C(=O)NC(Cc1cnc[nH]1)C(=O)O. The number of fused-ring (bicyclic) bond motifs is 1. The molecule has 2 heterocycles. The molecule has 2 aromatic heterocycles. The Morgan fingerprint density at radius 3 is 2.21 bits per heavy atom. The van der Waals surface area contributed by atoms with Crippen LogP contribution in [-0.2, 0) is 38.4 Å². The molecule has 4 unspecified atom stereocenters. The maximum atomic E-state index is 13.9. The van der Waals surface area contributed by atoms with Gasteiger partial charge in [0, 0.05) is 48.4 Å². The molecule has 4 aromatic rings. The van der Waals surface area contributed by atoms with Crippen molar-refractivity contribution in [3.8, 4) is 0 Å². The van der Waals surface area contributed by atoms with E-state index < -0.39 is 47.9 Å². The highest BCUT2D eigenvalue weighted by atomic mass is 16.4. The van der Waals surface area contributed by atoms with E-state index in [-0.39, 0.29) is 44.6 Å². The zero-order chi connectivity index (χ0) is 33.8. The van der Waals surface area contributed by atoms with E-state index in [9.17, 15) is 24.3 Å². The Balaban J connectivity index is 1.55. The van der Waals surface area contributed by atoms with Crippen LogP contribution in [0.5, 0.6) is 0 Å². The van der Waals surface area contributed by atoms with Gasteiger partial charge in [0.2, 0.25) is 17.7 Å². The number of aliphatic carboxylic acids is 1. The number of aliphatic imine (C=N–C) groups is 1. The Kier molecular flexibility index (Phi) is 12.0. The van der Waals surface area contributed by atoms with Crippen molar-refractivity contribution in [2.45, 2.75) is 56.3 Å². The zero-order valence-corrected chi connectivity index (χ0v) is 25.7. The lowest BCUT2D eigenvalue weighted by Gasteiger charge is -2.25. The van der Waals surface area contributed by atoms with Crippen LogP contribution in [0.15, 0.2) is 78.3 Å². The van der Waals surface area contributed by atoms with Crippen LogP contribution in [0.3, 0.4) is 0 Å². The first kappa shape index (κ1) is 34.2. The number of amides is 3. The molecule has 47 heavy (non-hydrogen) atoms. The lowest BCUT2D eigenvalue weighted by Crippen LogP contribution is -2.58. The van der Waals surface area contributed by atoms with E-state index in [1.807, 2.05) is 54.6 Å². The molecule has 3 amide bonds. The first-order chi connectivity index (χ1) is 22.6. The molecule has 0 saturated carbocycles. The second-order valence-electron chi connectivity index (χ2n) is 11.1. The largest absolute Gasteiger partial charge is 0.480 e. The summed E-state index contributed by atoms with van der Waals surface area (Å²) in [5.74, 6) is -3.33. The normalized spacial score (nSPS) is 13.6. The Morgan fingerprint density at radius 2 is 1.51 bits per heavy atom. The van der Waals surface area contributed by atoms with Gasteiger partial charge in [-0.2, -0.15) is 0 Å². The van der Waals surface area contributed by atoms with E-state index in [1.165, 1.54) is 12.5 Å². The average molecular weight is 645 g/mol. The number of nitrogens with zero attached hydrogens (tertiary/aromatic N) is 2. The molecule has 0 aliphatic carbocycles. The summed E-state index contributed by atoms with van der Waals surface area (Å²) in [6, 6.07) is 12.2. The predicted octanol–water partition coefficient (Wildman–Crippen LogP) is -0.161. The average Bonchev–Trinajstić information content (AvgIpc) is 3.72. The molecule has 4 atom stereocenters. The minimum atomic E-state index is -1.31. The fourth-order valence-corrected chi connectivity index (χ4v) is 5.10. The predicted molar refractivity (Wildman–Crippen MR) is 176 cm³/mol. The highest BCUT2D eigenvalue weighted by Crippen LogP contribution is 2.19. The number of aromatic amines is 2. The summed E-state index contributed by atoms with van der Waals surface area (Å²) < 4.78 is 0. The number of guanidine groups is 1. The molecule has 15 heteroatoms. The van der Waals surface area contributed by atoms with Crippen LogP contribution in [0.25, 0.3) is 10.9 Å². The summed E-state index contributed by atoms with van der Waals surface area (Å²) in [6.45, 7) is 0.169. The van der Waals surface area contributed by atoms with Crippen LogP contribution in [0, 0.1) is 0 Å². The van der Waals surface area contributed by atoms with E-state index in [2.05, 4.69) is 35.9 Å². The molecule has 0 fully saturated rings. The van der Waals surface area contributed by atoms with E-state index >= 15 is 0 Å². The third kappa shape index (κ3) is 10.2. The molecule has 0 spiro atoms. The van der Waals surface area contributed by atoms with Crippen molar-refractivity contribution in [3.05, 3.63) is 90.1 Å². The quantitative estimate of drug-likeness (QED) is 0.0419. The lowest BCUT2D eigenvalue weighted by atomic mass is 10.0. The number of carbonyl (C=O) groups excluding carboxylic acids is 3. The van der Waals surface area contributed by atoms with Gasteiger partial charge in [-0.25, -0.2) is 9.78 Å². The molecular formula is C32H40N10O5. The molecule has 0 aliphatic heterocycles. The van der Waals surface area contributed by atoms with Crippen molar-refractivity contribution < 1.29 is 24.3 Å². The van der Waals surface area contributed by atoms with Crippen LogP contribution in [0.2, 0.25) is 0 Å². The summed E-state index contributed by atoms with van der Waals surface area (Å²) in [5.41, 5.74) is 20.1. The van der Waals surface area contributed by atoms with Crippen molar-refractivity contribution in [2.24, 2.45) is 22.2 Å². The number of carboxylic acid groups (broad SMARTS) is 1. The van der Waals surface area contributed by atoms with Crippen molar-refractivity contribution >= 4 is 40.6 Å². The Bertz CT molecular complexity index is 1670. The van der Waals surface area contributed by atoms with Crippen LogP contribution in [-0.4, -0.2) is 80.4 Å². The molecule has 2 aromatic carbocycles. The van der Waals surface area contributed by atoms with Gasteiger partial charge in [-0.3, -0.25) is 19.4 Å². The van der Waals surface area contributed by atoms with Crippen LogP contribution < -0.4 is 33.2 Å². The number of nitrogens with two attached hydrogens (primary N) is 3. The van der Waals surface area contributed by atoms with Crippen molar-refractivity contribution in [3.63, 3.8) is 0 Å². The molecule has 0 radical (unpaired) electrons. The fourth-order valence-electron chi connectivity index (χ4n) is 5.10. The summed E-state index contributed by atoms with van der Waals surface area (Å²) >= 11 is 0. The van der Waals surface area contributed by atoms with Crippen LogP contribution >= 0.6 is 0 Å². The highest BCUT2D eigenvalue weighted by Gasteiger charge is 2.31. The first-order valence-electron chi connectivity index (χ1n) is 15.1. The van der Waals surface area contributed by atoms with Gasteiger partial charge in [-0.05, 0) is 36.5 Å². The number of benzene rings is 2. The maximum absolute atomic E-state index is 13.9. The van der Waals surface area contributed by atoms with E-state index in [1.54, 1.807) is 6.20 Å². The topological polar surface area (TPSA) is 259 Å². The molecular weight excluding hydrogens is 604 g/mol. The van der Waals surface area contributed by atoms with E-state index in [0.717, 1.165) is 22.0 Å². The number of carbonyl (C=O) groups is 4. The summed E-state index contributed by atoms with van der Waals surface area (Å²) in [5, 5.41) is 18.7. The second-order valence-corrected chi connectivity index (χ2v) is 11.1. The number of carboxylic acids is 1. The standard InChI is InChI=1S/C32H40N10O5/c33-23(13-19-7-2-1-3-8-19)28(43)41-26(14-20-16-38-24-10-5-4-9-22(20)24)30(45)40-25(11-6-12-37-32(34)35)29(44)42-27(31(46)47)15-21-17-36-18-39-21/h1-5,7-10,16-18,23,25-27,38H,6,11-15,33H2,(H,36,39)(H,40,45)(H,41,43)(H,42,44)(H,46,47)(H4,34,35,37). The number of hydrogen-bond donors (Lipinski definition) is 9. The minimum Gasteiger partial charge on any atom is -0.480 e. The van der Waals surface area contributed by atoms with E-state index in [0.29, 0.717) is 5.69 Å². The maximum Gasteiger partial charge on any atom is 0.326 e. The van der Waals surface area contributed by atoms with Crippen molar-refractivity contribution in [1.29, 1.82) is 0 Å². The summed E-state index contributed by atoms with van der Waals surface area (Å²) in [7, 11) is 0. The first-order valence-corrected chi connectivity index (χ1v) is 15.1. The third-order valence-electron chi connectivity index (χ3n) is 7.54. The van der Waals surface area contributed by atoms with Crippen molar-refractivity contribution in [2.75, 3.05) is 6.54 Å². The number of rotatable bonds is 17. The fraction of sp³-hybridized carbons (Fsp3) is 0.312. The number of aromatic nitrogens is 3. The van der Waals surface area contributed by atoms with Gasteiger partial charge < -0.3 is 48.2 Å². The number of para-hydroxylation sites is 1. The molecule has 4 rings (SSSR count). The molecule has 0 saturated heterocycles. The Morgan fingerprint density at radius 1 is 0.830 bits per heavy atom. The molecule has 0 aliphatic rings. The smallest absolute Gasteiger partial charge is 0.326 e. The lowest BCUT2D eigenvalue weighted by molar-refractivity contribution is -0.142. The highest BCUT2D eigenvalue weighted by molar-refractivity contribution is 5.95. The number of H-pyrrole nitrogens is 2. The molecule has 12 N–H and O–H groups in total. The van der Waals surface area contributed by atoms with Gasteiger partial charge >= 0.3 is 5.97 Å². The third-order valence-corrected chi connectivity index (χ3v) is 7.54. The monoisotopic (exact) mass is 644 g/mol. The van der Waals surface area contributed by atoms with Crippen LogP contribution in [0.1, 0.15) is 29.7 Å². The summed E-state index contributed by atoms with van der Waals surface area (Å²) in [4.78, 5) is 66.5. The number of hydrogen-bond acceptors (Lipinski definition) is 7. The van der Waals surface area contributed by atoms with Gasteiger partial charge in [-0.1, -0.05) is 48.5 Å². The van der Waals surface area contributed by atoms with Crippen LogP contribution in [0.4, 0.5) is 0 Å². The second kappa shape index (κ2) is 16.6. The van der Waals surface area contributed by atoms with E-state index in [4.69, 9.17) is 17.2 Å². The minimum absolute atomic E-state index is 0.0612. The molecule has 248 valence electrons. The van der Waals surface area contributed by atoms with Gasteiger partial charge in [0.1, 0.15) is 18.1 Å².